The van der Waals surface area contributed by atoms with Crippen molar-refractivity contribution in [2.75, 3.05) is 0 Å². The van der Waals surface area contributed by atoms with E-state index >= 15 is 0 Å². The van der Waals surface area contributed by atoms with Crippen LogP contribution in [0.25, 0.3) is 0 Å². The van der Waals surface area contributed by atoms with Crippen molar-refractivity contribution in [1.82, 2.24) is 5.32 Å². The molecule has 1 unspecified atom stereocenters. The van der Waals surface area contributed by atoms with Gasteiger partial charge >= 0.3 is 0 Å². The van der Waals surface area contributed by atoms with Crippen molar-refractivity contribution in [2.45, 2.75) is 26.3 Å². The highest BCUT2D eigenvalue weighted by Crippen LogP contribution is 2.10. The number of nitrogens with one attached hydrogen (secondary N) is 1. The molecule has 0 saturated heterocycles. The second-order valence-corrected chi connectivity index (χ2v) is 4.15. The Balaban J connectivity index is 2.71. The third-order valence-electron chi connectivity index (χ3n) is 2.39. The zero-order chi connectivity index (χ0) is 13.7. The van der Waals surface area contributed by atoms with Crippen LogP contribution < -0.4 is 11.1 Å². The zero-order valence-corrected chi connectivity index (χ0v) is 10.3. The maximum atomic E-state index is 13.5. The van der Waals surface area contributed by atoms with E-state index in [1.807, 2.05) is 0 Å². The van der Waals surface area contributed by atoms with E-state index in [4.69, 9.17) is 10.9 Å². The number of nitrogens with zero attached hydrogens (tertiary/aromatic N) is 1. The SMILES string of the molecule is Cc1ccc(C(=O)NC(C)CC(N)=NO)c(F)c1. The first-order valence-corrected chi connectivity index (χ1v) is 5.47. The summed E-state index contributed by atoms with van der Waals surface area (Å²) in [5.41, 5.74) is 6.04. The molecule has 1 amide bonds. The lowest BCUT2D eigenvalue weighted by Gasteiger charge is -2.13. The molecule has 0 bridgehead atoms. The van der Waals surface area contributed by atoms with E-state index in [0.29, 0.717) is 0 Å². The number of rotatable bonds is 4. The highest BCUT2D eigenvalue weighted by atomic mass is 19.1. The van der Waals surface area contributed by atoms with Crippen LogP contribution in [0.5, 0.6) is 0 Å². The van der Waals surface area contributed by atoms with Crippen LogP contribution in [-0.2, 0) is 0 Å². The minimum atomic E-state index is -0.566. The largest absolute Gasteiger partial charge is 0.409 e. The van der Waals surface area contributed by atoms with Gasteiger partial charge in [0.05, 0.1) is 5.56 Å². The van der Waals surface area contributed by atoms with Gasteiger partial charge in [0.1, 0.15) is 11.7 Å². The number of nitrogens with two attached hydrogens (primary N) is 1. The summed E-state index contributed by atoms with van der Waals surface area (Å²) in [7, 11) is 0. The molecule has 98 valence electrons. The Labute approximate surface area is 104 Å². The quantitative estimate of drug-likeness (QED) is 0.328. The van der Waals surface area contributed by atoms with Crippen LogP contribution in [0.15, 0.2) is 23.4 Å². The van der Waals surface area contributed by atoms with Crippen molar-refractivity contribution in [3.05, 3.63) is 35.1 Å². The molecule has 0 radical (unpaired) electrons. The number of hydrogen-bond acceptors (Lipinski definition) is 3. The Kier molecular flexibility index (Phi) is 4.65. The summed E-state index contributed by atoms with van der Waals surface area (Å²) in [6.45, 7) is 3.42. The number of aryl methyl sites for hydroxylation is 1. The van der Waals surface area contributed by atoms with Crippen molar-refractivity contribution in [3.8, 4) is 0 Å². The van der Waals surface area contributed by atoms with Crippen LogP contribution in [0.2, 0.25) is 0 Å². The number of carbonyl (C=O) groups is 1. The van der Waals surface area contributed by atoms with E-state index in [-0.39, 0.29) is 23.9 Å². The summed E-state index contributed by atoms with van der Waals surface area (Å²) in [4.78, 5) is 11.8. The van der Waals surface area contributed by atoms with E-state index in [1.165, 1.54) is 12.1 Å². The molecule has 1 atom stereocenters. The Morgan fingerprint density at radius 3 is 2.83 bits per heavy atom. The number of halogens is 1. The first-order chi connectivity index (χ1) is 8.43. The van der Waals surface area contributed by atoms with Gasteiger partial charge in [0.25, 0.3) is 5.91 Å². The van der Waals surface area contributed by atoms with Gasteiger partial charge in [0.2, 0.25) is 0 Å². The molecule has 1 rings (SSSR count). The van der Waals surface area contributed by atoms with Crippen molar-refractivity contribution in [1.29, 1.82) is 0 Å². The lowest BCUT2D eigenvalue weighted by atomic mass is 10.1. The first kappa shape index (κ1) is 14.0. The Bertz CT molecular complexity index is 474. The number of carbonyl (C=O) groups excluding carboxylic acids is 1. The Hall–Kier alpha value is -2.11. The molecule has 0 aliphatic heterocycles. The Morgan fingerprint density at radius 1 is 1.61 bits per heavy atom. The first-order valence-electron chi connectivity index (χ1n) is 5.47. The molecule has 1 aromatic carbocycles. The van der Waals surface area contributed by atoms with E-state index in [9.17, 15) is 9.18 Å². The fourth-order valence-electron chi connectivity index (χ4n) is 1.51. The summed E-state index contributed by atoms with van der Waals surface area (Å²) in [6, 6.07) is 4.03. The molecule has 0 aliphatic rings. The summed E-state index contributed by atoms with van der Waals surface area (Å²) in [5.74, 6) is -1.08. The van der Waals surface area contributed by atoms with E-state index in [0.717, 1.165) is 5.56 Å². The molecule has 0 aromatic heterocycles. The van der Waals surface area contributed by atoms with Crippen LogP contribution in [-0.4, -0.2) is 23.0 Å². The van der Waals surface area contributed by atoms with Gasteiger partial charge in [0, 0.05) is 12.5 Å². The summed E-state index contributed by atoms with van der Waals surface area (Å²) < 4.78 is 13.5. The fraction of sp³-hybridized carbons (Fsp3) is 0.333. The third kappa shape index (κ3) is 3.73. The number of hydrogen-bond donors (Lipinski definition) is 3. The van der Waals surface area contributed by atoms with Crippen LogP contribution in [0.3, 0.4) is 0 Å². The molecular weight excluding hydrogens is 237 g/mol. The third-order valence-corrected chi connectivity index (χ3v) is 2.39. The number of benzene rings is 1. The van der Waals surface area contributed by atoms with Crippen molar-refractivity contribution in [3.63, 3.8) is 0 Å². The maximum Gasteiger partial charge on any atom is 0.254 e. The van der Waals surface area contributed by atoms with Crippen LogP contribution in [0.4, 0.5) is 4.39 Å². The molecule has 1 aromatic rings. The van der Waals surface area contributed by atoms with E-state index < -0.39 is 11.7 Å². The molecule has 4 N–H and O–H groups in total. The highest BCUT2D eigenvalue weighted by Gasteiger charge is 2.14. The normalized spacial score (nSPS) is 13.2. The predicted molar refractivity (Wildman–Crippen MR) is 66.1 cm³/mol. The van der Waals surface area contributed by atoms with E-state index in [1.54, 1.807) is 19.9 Å². The molecule has 0 heterocycles. The minimum Gasteiger partial charge on any atom is -0.409 e. The van der Waals surface area contributed by atoms with Gasteiger partial charge in [-0.05, 0) is 31.5 Å². The van der Waals surface area contributed by atoms with Crippen molar-refractivity contribution >= 4 is 11.7 Å². The monoisotopic (exact) mass is 253 g/mol. The number of amidine groups is 1. The average Bonchev–Trinajstić information content (AvgIpc) is 2.28. The van der Waals surface area contributed by atoms with Crippen molar-refractivity contribution < 1.29 is 14.4 Å². The zero-order valence-electron chi connectivity index (χ0n) is 10.3. The minimum absolute atomic E-state index is 0.00665. The van der Waals surface area contributed by atoms with Crippen molar-refractivity contribution in [2.24, 2.45) is 10.9 Å². The lowest BCUT2D eigenvalue weighted by molar-refractivity contribution is 0.0937. The molecule has 5 nitrogen and oxygen atoms in total. The van der Waals surface area contributed by atoms with Gasteiger partial charge in [-0.1, -0.05) is 11.2 Å². The van der Waals surface area contributed by atoms with Gasteiger partial charge < -0.3 is 16.3 Å². The van der Waals surface area contributed by atoms with Gasteiger partial charge in [-0.25, -0.2) is 4.39 Å². The molecular formula is C12H16FN3O2. The highest BCUT2D eigenvalue weighted by molar-refractivity contribution is 5.95. The molecule has 0 aliphatic carbocycles. The standard InChI is InChI=1S/C12H16FN3O2/c1-7-3-4-9(10(13)5-7)12(17)15-8(2)6-11(14)16-18/h3-5,8,18H,6H2,1-2H3,(H2,14,16)(H,15,17). The predicted octanol–water partition coefficient (Wildman–Crippen LogP) is 1.39. The second kappa shape index (κ2) is 6.00. The smallest absolute Gasteiger partial charge is 0.254 e. The molecule has 18 heavy (non-hydrogen) atoms. The summed E-state index contributed by atoms with van der Waals surface area (Å²) >= 11 is 0. The summed E-state index contributed by atoms with van der Waals surface area (Å²) in [6.07, 6.45) is 0.190. The van der Waals surface area contributed by atoms with Gasteiger partial charge in [-0.15, -0.1) is 0 Å². The molecule has 6 heteroatoms. The van der Waals surface area contributed by atoms with Gasteiger partial charge in [-0.2, -0.15) is 0 Å². The van der Waals surface area contributed by atoms with Crippen LogP contribution in [0.1, 0.15) is 29.3 Å². The number of amides is 1. The van der Waals surface area contributed by atoms with Gasteiger partial charge in [-0.3, -0.25) is 4.79 Å². The van der Waals surface area contributed by atoms with E-state index in [2.05, 4.69) is 10.5 Å². The molecule has 0 fully saturated rings. The number of oxime groups is 1. The van der Waals surface area contributed by atoms with Crippen LogP contribution in [0, 0.1) is 12.7 Å². The molecule has 0 saturated carbocycles. The topological polar surface area (TPSA) is 87.7 Å². The second-order valence-electron chi connectivity index (χ2n) is 4.15. The fourth-order valence-corrected chi connectivity index (χ4v) is 1.51. The average molecular weight is 253 g/mol. The Morgan fingerprint density at radius 2 is 2.28 bits per heavy atom. The maximum absolute atomic E-state index is 13.5. The van der Waals surface area contributed by atoms with Gasteiger partial charge in [0.15, 0.2) is 0 Å². The van der Waals surface area contributed by atoms with Crippen LogP contribution >= 0.6 is 0 Å². The molecule has 0 spiro atoms. The summed E-state index contributed by atoms with van der Waals surface area (Å²) in [5, 5.41) is 13.8. The lowest BCUT2D eigenvalue weighted by Crippen LogP contribution is -2.36.